The molecular weight excluding hydrogens is 336 g/mol. The standard InChI is InChI=1S/C28H44/c1-10-15-17-19-25(22-23(6)7)27(20-16-11-2)28(21-13-4,24(8)9)26(14-5)18-12-3/h12-13,16-17,19-22,26H,3,8,10-11,14-15,18H2,1-2,4-7,9H3. The topological polar surface area (TPSA) is 0 Å². The van der Waals surface area contributed by atoms with Gasteiger partial charge in [-0.15, -0.1) is 6.58 Å². The molecule has 0 saturated heterocycles. The molecule has 2 atom stereocenters. The van der Waals surface area contributed by atoms with Crippen LogP contribution in [0.1, 0.15) is 80.6 Å². The minimum atomic E-state index is -0.207. The van der Waals surface area contributed by atoms with Crippen molar-refractivity contribution in [2.45, 2.75) is 80.6 Å². The van der Waals surface area contributed by atoms with Crippen molar-refractivity contribution < 1.29 is 0 Å². The first kappa shape index (κ1) is 26.2. The minimum Gasteiger partial charge on any atom is -0.103 e. The van der Waals surface area contributed by atoms with E-state index in [-0.39, 0.29) is 5.41 Å². The van der Waals surface area contributed by atoms with E-state index >= 15 is 0 Å². The average Bonchev–Trinajstić information content (AvgIpc) is 2.64. The van der Waals surface area contributed by atoms with Gasteiger partial charge in [-0.25, -0.2) is 0 Å². The highest BCUT2D eigenvalue weighted by Gasteiger charge is 2.39. The minimum absolute atomic E-state index is 0.207. The van der Waals surface area contributed by atoms with Gasteiger partial charge in [0.15, 0.2) is 0 Å². The molecule has 28 heavy (non-hydrogen) atoms. The third-order valence-electron chi connectivity index (χ3n) is 5.20. The number of hydrogen-bond donors (Lipinski definition) is 0. The summed E-state index contributed by atoms with van der Waals surface area (Å²) in [5, 5.41) is 0. The van der Waals surface area contributed by atoms with Gasteiger partial charge in [0, 0.05) is 5.41 Å². The lowest BCUT2D eigenvalue weighted by Crippen LogP contribution is -2.32. The van der Waals surface area contributed by atoms with Crippen molar-refractivity contribution in [3.63, 3.8) is 0 Å². The molecule has 0 fully saturated rings. The fraction of sp³-hybridized carbons (Fsp3) is 0.500. The zero-order valence-corrected chi connectivity index (χ0v) is 19.6. The highest BCUT2D eigenvalue weighted by Crippen LogP contribution is 2.49. The van der Waals surface area contributed by atoms with Crippen LogP contribution >= 0.6 is 0 Å². The van der Waals surface area contributed by atoms with Crippen LogP contribution in [0.2, 0.25) is 0 Å². The van der Waals surface area contributed by atoms with E-state index < -0.39 is 0 Å². The average molecular weight is 381 g/mol. The largest absolute Gasteiger partial charge is 0.103 e. The lowest BCUT2D eigenvalue weighted by Gasteiger charge is -2.41. The molecule has 0 radical (unpaired) electrons. The van der Waals surface area contributed by atoms with Crippen molar-refractivity contribution in [1.82, 2.24) is 0 Å². The third-order valence-corrected chi connectivity index (χ3v) is 5.20. The monoisotopic (exact) mass is 380 g/mol. The second kappa shape index (κ2) is 14.2. The van der Waals surface area contributed by atoms with Gasteiger partial charge in [-0.1, -0.05) is 99.9 Å². The smallest absolute Gasteiger partial charge is 0.0372 e. The summed E-state index contributed by atoms with van der Waals surface area (Å²) >= 11 is 0. The van der Waals surface area contributed by atoms with Crippen LogP contribution in [0.15, 0.2) is 84.1 Å². The van der Waals surface area contributed by atoms with Crippen LogP contribution in [-0.2, 0) is 0 Å². The molecule has 0 aliphatic carbocycles. The Kier molecular flexibility index (Phi) is 13.3. The van der Waals surface area contributed by atoms with E-state index in [2.05, 4.69) is 110 Å². The Bertz CT molecular complexity index is 629. The summed E-state index contributed by atoms with van der Waals surface area (Å²) in [6, 6.07) is 0. The Hall–Kier alpha value is -1.82. The summed E-state index contributed by atoms with van der Waals surface area (Å²) < 4.78 is 0. The molecule has 0 aromatic rings. The van der Waals surface area contributed by atoms with Gasteiger partial charge in [0.05, 0.1) is 0 Å². The lowest BCUT2D eigenvalue weighted by atomic mass is 9.62. The Morgan fingerprint density at radius 2 is 1.71 bits per heavy atom. The molecule has 2 unspecified atom stereocenters. The van der Waals surface area contributed by atoms with Crippen LogP contribution in [0, 0.1) is 11.3 Å². The number of hydrogen-bond acceptors (Lipinski definition) is 0. The van der Waals surface area contributed by atoms with Crippen LogP contribution in [0.25, 0.3) is 0 Å². The molecule has 0 aliphatic rings. The highest BCUT2D eigenvalue weighted by molar-refractivity contribution is 5.52. The van der Waals surface area contributed by atoms with Crippen LogP contribution in [0.4, 0.5) is 0 Å². The molecule has 0 heteroatoms. The van der Waals surface area contributed by atoms with Gasteiger partial charge in [-0.3, -0.25) is 0 Å². The van der Waals surface area contributed by atoms with Gasteiger partial charge in [-0.2, -0.15) is 0 Å². The van der Waals surface area contributed by atoms with Gasteiger partial charge >= 0.3 is 0 Å². The Balaban J connectivity index is 7.21. The van der Waals surface area contributed by atoms with Crippen molar-refractivity contribution in [1.29, 1.82) is 0 Å². The van der Waals surface area contributed by atoms with Gasteiger partial charge in [0.1, 0.15) is 0 Å². The first-order valence-corrected chi connectivity index (χ1v) is 11.0. The molecule has 0 spiro atoms. The van der Waals surface area contributed by atoms with Gasteiger partial charge < -0.3 is 0 Å². The summed E-state index contributed by atoms with van der Waals surface area (Å²) in [4.78, 5) is 0. The predicted molar refractivity (Wildman–Crippen MR) is 131 cm³/mol. The molecule has 0 aromatic heterocycles. The maximum atomic E-state index is 4.49. The van der Waals surface area contributed by atoms with Crippen molar-refractivity contribution in [3.05, 3.63) is 84.1 Å². The zero-order chi connectivity index (χ0) is 21.6. The molecule has 0 amide bonds. The van der Waals surface area contributed by atoms with Crippen molar-refractivity contribution >= 4 is 0 Å². The van der Waals surface area contributed by atoms with Crippen molar-refractivity contribution in [3.8, 4) is 0 Å². The summed E-state index contributed by atoms with van der Waals surface area (Å²) in [5.41, 5.74) is 4.94. The first-order valence-electron chi connectivity index (χ1n) is 11.0. The van der Waals surface area contributed by atoms with Crippen molar-refractivity contribution in [2.75, 3.05) is 0 Å². The molecule has 0 aliphatic heterocycles. The summed E-state index contributed by atoms with van der Waals surface area (Å²) in [7, 11) is 0. The predicted octanol–water partition coefficient (Wildman–Crippen LogP) is 9.31. The molecule has 0 bridgehead atoms. The third kappa shape index (κ3) is 7.30. The second-order valence-electron chi connectivity index (χ2n) is 7.87. The van der Waals surface area contributed by atoms with Crippen molar-refractivity contribution in [2.24, 2.45) is 11.3 Å². The van der Waals surface area contributed by atoms with E-state index in [0.717, 1.165) is 32.1 Å². The maximum absolute atomic E-state index is 4.49. The normalized spacial score (nSPS) is 16.2. The van der Waals surface area contributed by atoms with E-state index in [4.69, 9.17) is 0 Å². The SMILES string of the molecule is C=CCC(CC)C(C=CC)(C(=C)C)C(C=CCC)=C(C=CCCC)C=C(C)C. The zero-order valence-electron chi connectivity index (χ0n) is 19.6. The van der Waals surface area contributed by atoms with Crippen LogP contribution < -0.4 is 0 Å². The molecular formula is C28H44. The molecule has 156 valence electrons. The lowest BCUT2D eigenvalue weighted by molar-refractivity contribution is 0.325. The van der Waals surface area contributed by atoms with Crippen LogP contribution in [0.3, 0.4) is 0 Å². The van der Waals surface area contributed by atoms with Gasteiger partial charge in [0.2, 0.25) is 0 Å². The number of allylic oxidation sites excluding steroid dienone is 12. The molecule has 0 nitrogen and oxygen atoms in total. The fourth-order valence-corrected chi connectivity index (χ4v) is 3.92. The van der Waals surface area contributed by atoms with E-state index in [1.807, 2.05) is 0 Å². The number of rotatable bonds is 13. The maximum Gasteiger partial charge on any atom is 0.0372 e. The molecule has 0 heterocycles. The van der Waals surface area contributed by atoms with Crippen LogP contribution in [-0.4, -0.2) is 0 Å². The first-order chi connectivity index (χ1) is 13.3. The van der Waals surface area contributed by atoms with Gasteiger partial charge in [0.25, 0.3) is 0 Å². The molecule has 0 N–H and O–H groups in total. The second-order valence-corrected chi connectivity index (χ2v) is 7.87. The van der Waals surface area contributed by atoms with E-state index in [1.54, 1.807) is 0 Å². The Morgan fingerprint density at radius 3 is 2.14 bits per heavy atom. The number of unbranched alkanes of at least 4 members (excludes halogenated alkanes) is 1. The molecule has 0 saturated carbocycles. The fourth-order valence-electron chi connectivity index (χ4n) is 3.92. The van der Waals surface area contributed by atoms with Gasteiger partial charge in [-0.05, 0) is 64.0 Å². The van der Waals surface area contributed by atoms with E-state index in [9.17, 15) is 0 Å². The summed E-state index contributed by atoms with van der Waals surface area (Å²) in [5.74, 6) is 0.426. The molecule has 0 aromatic carbocycles. The quantitative estimate of drug-likeness (QED) is 0.220. The summed E-state index contributed by atoms with van der Waals surface area (Å²) in [6.45, 7) is 23.9. The van der Waals surface area contributed by atoms with E-state index in [0.29, 0.717) is 5.92 Å². The van der Waals surface area contributed by atoms with E-state index in [1.165, 1.54) is 22.3 Å². The Labute approximate surface area is 176 Å². The summed E-state index contributed by atoms with van der Waals surface area (Å²) in [6.07, 6.45) is 23.5. The van der Waals surface area contributed by atoms with Crippen LogP contribution in [0.5, 0.6) is 0 Å². The Morgan fingerprint density at radius 1 is 1.04 bits per heavy atom. The molecule has 0 rings (SSSR count). The highest BCUT2D eigenvalue weighted by atomic mass is 14.4.